The van der Waals surface area contributed by atoms with Gasteiger partial charge in [0.15, 0.2) is 0 Å². The van der Waals surface area contributed by atoms with E-state index in [-0.39, 0.29) is 11.3 Å². The highest BCUT2D eigenvalue weighted by molar-refractivity contribution is 5.94. The van der Waals surface area contributed by atoms with Crippen LogP contribution in [0.25, 0.3) is 0 Å². The predicted molar refractivity (Wildman–Crippen MR) is 89.5 cm³/mol. The lowest BCUT2D eigenvalue weighted by Gasteiger charge is -2.27. The Kier molecular flexibility index (Phi) is 4.12. The molecule has 126 valence electrons. The van der Waals surface area contributed by atoms with Crippen LogP contribution in [0.1, 0.15) is 15.9 Å². The molecule has 0 saturated carbocycles. The Morgan fingerprint density at radius 1 is 1.29 bits per heavy atom. The van der Waals surface area contributed by atoms with Gasteiger partial charge in [-0.15, -0.1) is 0 Å². The van der Waals surface area contributed by atoms with E-state index in [1.165, 1.54) is 5.56 Å². The number of rotatable bonds is 5. The first kappa shape index (κ1) is 15.4. The Labute approximate surface area is 141 Å². The molecule has 2 atom stereocenters. The van der Waals surface area contributed by atoms with Crippen LogP contribution < -0.4 is 5.32 Å². The van der Waals surface area contributed by atoms with Crippen LogP contribution >= 0.6 is 0 Å². The normalized spacial score (nSPS) is 26.4. The second kappa shape index (κ2) is 6.42. The second-order valence-corrected chi connectivity index (χ2v) is 6.92. The molecule has 4 rings (SSSR count). The van der Waals surface area contributed by atoms with Gasteiger partial charge in [0, 0.05) is 48.6 Å². The lowest BCUT2D eigenvalue weighted by Crippen LogP contribution is -2.43. The molecule has 2 aromatic rings. The highest BCUT2D eigenvalue weighted by Crippen LogP contribution is 2.41. The van der Waals surface area contributed by atoms with Gasteiger partial charge < -0.3 is 14.5 Å². The van der Waals surface area contributed by atoms with E-state index in [0.29, 0.717) is 24.6 Å². The lowest BCUT2D eigenvalue weighted by atomic mass is 9.81. The van der Waals surface area contributed by atoms with Crippen molar-refractivity contribution in [3.63, 3.8) is 0 Å². The topological polar surface area (TPSA) is 54.7 Å². The molecule has 5 nitrogen and oxygen atoms in total. The van der Waals surface area contributed by atoms with Gasteiger partial charge in [-0.05, 0) is 18.2 Å². The van der Waals surface area contributed by atoms with Crippen molar-refractivity contribution in [2.75, 3.05) is 32.8 Å². The van der Waals surface area contributed by atoms with Crippen molar-refractivity contribution in [1.29, 1.82) is 0 Å². The van der Waals surface area contributed by atoms with Gasteiger partial charge in [0.1, 0.15) is 0 Å². The van der Waals surface area contributed by atoms with E-state index in [2.05, 4.69) is 10.2 Å². The molecule has 1 aromatic carbocycles. The number of amides is 1. The van der Waals surface area contributed by atoms with Gasteiger partial charge in [-0.2, -0.15) is 0 Å². The van der Waals surface area contributed by atoms with Gasteiger partial charge >= 0.3 is 0 Å². The Morgan fingerprint density at radius 2 is 2.17 bits per heavy atom. The molecule has 5 heteroatoms. The number of furan rings is 1. The zero-order chi connectivity index (χ0) is 16.4. The van der Waals surface area contributed by atoms with E-state index in [9.17, 15) is 4.79 Å². The van der Waals surface area contributed by atoms with Crippen LogP contribution in [0.5, 0.6) is 0 Å². The Hall–Kier alpha value is -2.11. The second-order valence-electron chi connectivity index (χ2n) is 6.92. The summed E-state index contributed by atoms with van der Waals surface area (Å²) in [6.45, 7) is 5.00. The van der Waals surface area contributed by atoms with E-state index in [1.807, 2.05) is 36.4 Å². The average molecular weight is 326 g/mol. The molecule has 1 N–H and O–H groups in total. The van der Waals surface area contributed by atoms with Gasteiger partial charge in [-0.1, -0.05) is 18.2 Å². The van der Waals surface area contributed by atoms with Crippen molar-refractivity contribution in [2.24, 2.45) is 11.3 Å². The molecule has 0 aliphatic carbocycles. The van der Waals surface area contributed by atoms with Crippen LogP contribution in [0.15, 0.2) is 53.3 Å². The fourth-order valence-corrected chi connectivity index (χ4v) is 3.90. The Bertz CT molecular complexity index is 686. The molecule has 0 bridgehead atoms. The highest BCUT2D eigenvalue weighted by atomic mass is 16.5. The largest absolute Gasteiger partial charge is 0.472 e. The number of likely N-dealkylation sites (tertiary alicyclic amines) is 1. The molecule has 0 unspecified atom stereocenters. The molecular weight excluding hydrogens is 304 g/mol. The fourth-order valence-electron chi connectivity index (χ4n) is 3.90. The van der Waals surface area contributed by atoms with Crippen LogP contribution in [0.3, 0.4) is 0 Å². The summed E-state index contributed by atoms with van der Waals surface area (Å²) < 4.78 is 10.9. The molecule has 1 aromatic heterocycles. The van der Waals surface area contributed by atoms with E-state index >= 15 is 0 Å². The molecule has 0 radical (unpaired) electrons. The van der Waals surface area contributed by atoms with Crippen molar-refractivity contribution in [3.05, 3.63) is 60.1 Å². The van der Waals surface area contributed by atoms with Crippen molar-refractivity contribution < 1.29 is 13.9 Å². The molecular formula is C19H22N2O3. The molecule has 3 heterocycles. The fraction of sp³-hybridized carbons (Fsp3) is 0.421. The van der Waals surface area contributed by atoms with Gasteiger partial charge in [0.05, 0.1) is 25.7 Å². The summed E-state index contributed by atoms with van der Waals surface area (Å²) in [7, 11) is 0. The van der Waals surface area contributed by atoms with Crippen LogP contribution in [-0.2, 0) is 11.3 Å². The minimum atomic E-state index is -0.0103. The zero-order valence-electron chi connectivity index (χ0n) is 13.6. The highest BCUT2D eigenvalue weighted by Gasteiger charge is 2.50. The zero-order valence-corrected chi connectivity index (χ0v) is 13.6. The van der Waals surface area contributed by atoms with Gasteiger partial charge in [0.25, 0.3) is 5.91 Å². The summed E-state index contributed by atoms with van der Waals surface area (Å²) >= 11 is 0. The monoisotopic (exact) mass is 326 g/mol. The summed E-state index contributed by atoms with van der Waals surface area (Å²) in [6, 6.07) is 11.4. The van der Waals surface area contributed by atoms with Crippen LogP contribution in [0.2, 0.25) is 0 Å². The van der Waals surface area contributed by atoms with Gasteiger partial charge in [0.2, 0.25) is 0 Å². The van der Waals surface area contributed by atoms with E-state index in [0.717, 1.165) is 26.2 Å². The Morgan fingerprint density at radius 3 is 2.96 bits per heavy atom. The molecule has 2 aliphatic heterocycles. The predicted octanol–water partition coefficient (Wildman–Crippen LogP) is 2.16. The molecule has 2 saturated heterocycles. The minimum absolute atomic E-state index is 0.0103. The first-order chi connectivity index (χ1) is 11.8. The number of fused-ring (bicyclic) bond motifs is 1. The number of hydrogen-bond acceptors (Lipinski definition) is 4. The van der Waals surface area contributed by atoms with Gasteiger partial charge in [-0.25, -0.2) is 0 Å². The smallest absolute Gasteiger partial charge is 0.251 e. The third-order valence-electron chi connectivity index (χ3n) is 5.21. The van der Waals surface area contributed by atoms with Crippen LogP contribution in [0, 0.1) is 11.3 Å². The third kappa shape index (κ3) is 2.97. The van der Waals surface area contributed by atoms with Crippen molar-refractivity contribution in [2.45, 2.75) is 6.54 Å². The molecule has 0 spiro atoms. The lowest BCUT2D eigenvalue weighted by molar-refractivity contribution is 0.0904. The summed E-state index contributed by atoms with van der Waals surface area (Å²) in [5.41, 5.74) is 1.92. The number of carbonyl (C=O) groups excluding carboxylic acids is 1. The molecule has 24 heavy (non-hydrogen) atoms. The average Bonchev–Trinajstić information content (AvgIpc) is 3.30. The van der Waals surface area contributed by atoms with E-state index < -0.39 is 0 Å². The van der Waals surface area contributed by atoms with E-state index in [4.69, 9.17) is 9.15 Å². The first-order valence-electron chi connectivity index (χ1n) is 8.40. The maximum absolute atomic E-state index is 12.3. The number of carbonyl (C=O) groups is 1. The number of nitrogens with zero attached hydrogens (tertiary/aromatic N) is 1. The van der Waals surface area contributed by atoms with Crippen LogP contribution in [0.4, 0.5) is 0 Å². The number of hydrogen-bond donors (Lipinski definition) is 1. The number of benzene rings is 1. The summed E-state index contributed by atoms with van der Waals surface area (Å²) in [5.74, 6) is 0.462. The maximum atomic E-state index is 12.3. The van der Waals surface area contributed by atoms with Crippen molar-refractivity contribution in [3.8, 4) is 0 Å². The van der Waals surface area contributed by atoms with Crippen LogP contribution in [-0.4, -0.2) is 43.7 Å². The quantitative estimate of drug-likeness (QED) is 0.915. The standard InChI is InChI=1S/C19H22N2O3/c22-18(16-4-2-1-3-5-16)20-12-19-13-21(8-15-6-7-23-10-15)9-17(19)11-24-14-19/h1-7,10,17H,8-9,11-14H2,(H,20,22)/t17-,19+/m1/s1. The maximum Gasteiger partial charge on any atom is 0.251 e. The molecule has 2 aliphatic rings. The minimum Gasteiger partial charge on any atom is -0.472 e. The Balaban J connectivity index is 1.40. The number of ether oxygens (including phenoxy) is 1. The molecule has 1 amide bonds. The molecule has 2 fully saturated rings. The van der Waals surface area contributed by atoms with Gasteiger partial charge in [-0.3, -0.25) is 9.69 Å². The summed E-state index contributed by atoms with van der Waals surface area (Å²) in [6.07, 6.45) is 3.51. The number of nitrogens with one attached hydrogen (secondary N) is 1. The summed E-state index contributed by atoms with van der Waals surface area (Å²) in [5, 5.41) is 3.12. The SMILES string of the molecule is O=C(NC[C@]12COC[C@H]1CN(Cc1ccoc1)C2)c1ccccc1. The first-order valence-corrected chi connectivity index (χ1v) is 8.40. The third-order valence-corrected chi connectivity index (χ3v) is 5.21. The van der Waals surface area contributed by atoms with Crippen molar-refractivity contribution >= 4 is 5.91 Å². The van der Waals surface area contributed by atoms with Crippen molar-refractivity contribution in [1.82, 2.24) is 10.2 Å². The summed E-state index contributed by atoms with van der Waals surface area (Å²) in [4.78, 5) is 14.8. The van der Waals surface area contributed by atoms with E-state index in [1.54, 1.807) is 12.5 Å².